The molecular formula is C8H12N2OS. The van der Waals surface area contributed by atoms with Gasteiger partial charge in [0.05, 0.1) is 5.00 Å². The van der Waals surface area contributed by atoms with E-state index in [9.17, 15) is 4.79 Å². The maximum atomic E-state index is 10.9. The second-order valence-corrected chi connectivity index (χ2v) is 3.54. The van der Waals surface area contributed by atoms with E-state index < -0.39 is 0 Å². The Balaban J connectivity index is 2.58. The number of nitrogens with one attached hydrogen (secondary N) is 1. The third-order valence-corrected chi connectivity index (χ3v) is 2.47. The first kappa shape index (κ1) is 9.22. The lowest BCUT2D eigenvalue weighted by Gasteiger charge is -1.97. The molecular weight excluding hydrogens is 172 g/mol. The number of anilines is 1. The fourth-order valence-corrected chi connectivity index (χ4v) is 1.58. The topological polar surface area (TPSA) is 55.1 Å². The Morgan fingerprint density at radius 1 is 1.67 bits per heavy atom. The number of rotatable bonds is 3. The van der Waals surface area contributed by atoms with Gasteiger partial charge in [-0.05, 0) is 12.1 Å². The number of hydrogen-bond acceptors (Lipinski definition) is 3. The third-order valence-electron chi connectivity index (χ3n) is 1.45. The molecule has 1 aromatic heterocycles. The molecule has 4 heteroatoms. The van der Waals surface area contributed by atoms with Gasteiger partial charge in [0.15, 0.2) is 0 Å². The highest BCUT2D eigenvalue weighted by molar-refractivity contribution is 7.16. The Bertz CT molecular complexity index is 270. The van der Waals surface area contributed by atoms with Gasteiger partial charge in [-0.15, -0.1) is 11.3 Å². The molecule has 1 aromatic rings. The quantitative estimate of drug-likeness (QED) is 0.749. The Kier molecular flexibility index (Phi) is 3.25. The molecule has 0 saturated carbocycles. The number of nitrogens with two attached hydrogens (primary N) is 1. The lowest BCUT2D eigenvalue weighted by atomic mass is 10.4. The average Bonchev–Trinajstić information content (AvgIpc) is 2.52. The molecule has 3 N–H and O–H groups in total. The van der Waals surface area contributed by atoms with Gasteiger partial charge in [0.25, 0.3) is 0 Å². The second-order valence-electron chi connectivity index (χ2n) is 2.37. The first-order valence-corrected chi connectivity index (χ1v) is 4.66. The fraction of sp³-hybridized carbons (Fsp3) is 0.375. The van der Waals surface area contributed by atoms with E-state index in [0.717, 1.165) is 9.88 Å². The third kappa shape index (κ3) is 2.32. The maximum absolute atomic E-state index is 10.9. The zero-order chi connectivity index (χ0) is 8.97. The van der Waals surface area contributed by atoms with Gasteiger partial charge >= 0.3 is 0 Å². The number of amides is 1. The van der Waals surface area contributed by atoms with Crippen LogP contribution < -0.4 is 11.1 Å². The van der Waals surface area contributed by atoms with E-state index >= 15 is 0 Å². The molecule has 0 unspecified atom stereocenters. The van der Waals surface area contributed by atoms with Crippen molar-refractivity contribution in [3.8, 4) is 0 Å². The molecule has 0 aliphatic rings. The van der Waals surface area contributed by atoms with Crippen molar-refractivity contribution in [2.24, 2.45) is 5.73 Å². The molecule has 3 nitrogen and oxygen atoms in total. The minimum atomic E-state index is 0.0421. The van der Waals surface area contributed by atoms with Crippen molar-refractivity contribution in [2.75, 3.05) is 5.32 Å². The van der Waals surface area contributed by atoms with Crippen molar-refractivity contribution in [2.45, 2.75) is 19.9 Å². The number of carbonyl (C=O) groups excluding carboxylic acids is 1. The van der Waals surface area contributed by atoms with E-state index in [-0.39, 0.29) is 5.91 Å². The molecule has 12 heavy (non-hydrogen) atoms. The molecule has 0 atom stereocenters. The summed E-state index contributed by atoms with van der Waals surface area (Å²) in [6.07, 6.45) is 0.510. The molecule has 0 fully saturated rings. The average molecular weight is 184 g/mol. The van der Waals surface area contributed by atoms with Crippen molar-refractivity contribution in [3.63, 3.8) is 0 Å². The summed E-state index contributed by atoms with van der Waals surface area (Å²) in [5.41, 5.74) is 5.42. The standard InChI is InChI=1S/C8H12N2OS/c1-2-7(11)10-8-4-3-6(5-9)12-8/h3-4H,2,5,9H2,1H3,(H,10,11). The SMILES string of the molecule is CCC(=O)Nc1ccc(CN)s1. The minimum absolute atomic E-state index is 0.0421. The first-order valence-electron chi connectivity index (χ1n) is 3.85. The van der Waals surface area contributed by atoms with Crippen LogP contribution in [0, 0.1) is 0 Å². The maximum Gasteiger partial charge on any atom is 0.224 e. The van der Waals surface area contributed by atoms with Crippen LogP contribution in [0.4, 0.5) is 5.00 Å². The van der Waals surface area contributed by atoms with E-state index in [0.29, 0.717) is 13.0 Å². The zero-order valence-corrected chi connectivity index (χ0v) is 7.78. The van der Waals surface area contributed by atoms with Crippen LogP contribution in [-0.2, 0) is 11.3 Å². The molecule has 1 amide bonds. The number of thiophene rings is 1. The van der Waals surface area contributed by atoms with Crippen molar-refractivity contribution < 1.29 is 4.79 Å². The van der Waals surface area contributed by atoms with E-state index in [2.05, 4.69) is 5.32 Å². The van der Waals surface area contributed by atoms with E-state index in [1.807, 2.05) is 19.1 Å². The monoisotopic (exact) mass is 184 g/mol. The summed E-state index contributed by atoms with van der Waals surface area (Å²) < 4.78 is 0. The van der Waals surface area contributed by atoms with Gasteiger partial charge in [0.2, 0.25) is 5.91 Å². The van der Waals surface area contributed by atoms with Crippen LogP contribution in [0.1, 0.15) is 18.2 Å². The summed E-state index contributed by atoms with van der Waals surface area (Å²) >= 11 is 1.52. The molecule has 66 valence electrons. The molecule has 0 aromatic carbocycles. The number of hydrogen-bond donors (Lipinski definition) is 2. The Hall–Kier alpha value is -0.870. The fourth-order valence-electron chi connectivity index (χ4n) is 0.781. The van der Waals surface area contributed by atoms with E-state index in [1.165, 1.54) is 11.3 Å². The Morgan fingerprint density at radius 3 is 2.92 bits per heavy atom. The summed E-state index contributed by atoms with van der Waals surface area (Å²) in [5.74, 6) is 0.0421. The molecule has 0 bridgehead atoms. The van der Waals surface area contributed by atoms with Crippen LogP contribution in [-0.4, -0.2) is 5.91 Å². The molecule has 1 heterocycles. The summed E-state index contributed by atoms with van der Waals surface area (Å²) in [4.78, 5) is 12.0. The predicted molar refractivity (Wildman–Crippen MR) is 51.1 cm³/mol. The van der Waals surface area contributed by atoms with Crippen molar-refractivity contribution in [1.82, 2.24) is 0 Å². The second kappa shape index (κ2) is 4.23. The van der Waals surface area contributed by atoms with Crippen LogP contribution in [0.15, 0.2) is 12.1 Å². The van der Waals surface area contributed by atoms with E-state index in [4.69, 9.17) is 5.73 Å². The van der Waals surface area contributed by atoms with Gasteiger partial charge in [-0.2, -0.15) is 0 Å². The highest BCUT2D eigenvalue weighted by Crippen LogP contribution is 2.21. The van der Waals surface area contributed by atoms with Gasteiger partial charge in [-0.1, -0.05) is 6.92 Å². The lowest BCUT2D eigenvalue weighted by molar-refractivity contribution is -0.115. The van der Waals surface area contributed by atoms with Gasteiger partial charge in [0.1, 0.15) is 0 Å². The summed E-state index contributed by atoms with van der Waals surface area (Å²) in [6, 6.07) is 3.80. The van der Waals surface area contributed by atoms with Crippen LogP contribution in [0.25, 0.3) is 0 Å². The van der Waals surface area contributed by atoms with Crippen molar-refractivity contribution in [1.29, 1.82) is 0 Å². The van der Waals surface area contributed by atoms with Crippen LogP contribution in [0.5, 0.6) is 0 Å². The van der Waals surface area contributed by atoms with Gasteiger partial charge in [0, 0.05) is 17.8 Å². The normalized spacial score (nSPS) is 9.83. The largest absolute Gasteiger partial charge is 0.326 e. The molecule has 0 spiro atoms. The molecule has 0 aliphatic heterocycles. The van der Waals surface area contributed by atoms with Crippen LogP contribution in [0.3, 0.4) is 0 Å². The number of carbonyl (C=O) groups is 1. The first-order chi connectivity index (χ1) is 5.76. The van der Waals surface area contributed by atoms with Crippen LogP contribution >= 0.6 is 11.3 Å². The van der Waals surface area contributed by atoms with Gasteiger partial charge in [-0.3, -0.25) is 4.79 Å². The predicted octanol–water partition coefficient (Wildman–Crippen LogP) is 1.56. The summed E-state index contributed by atoms with van der Waals surface area (Å²) in [6.45, 7) is 2.36. The zero-order valence-electron chi connectivity index (χ0n) is 6.96. The van der Waals surface area contributed by atoms with Gasteiger partial charge in [-0.25, -0.2) is 0 Å². The lowest BCUT2D eigenvalue weighted by Crippen LogP contribution is -2.07. The smallest absolute Gasteiger partial charge is 0.224 e. The van der Waals surface area contributed by atoms with Crippen molar-refractivity contribution >= 4 is 22.2 Å². The van der Waals surface area contributed by atoms with Crippen LogP contribution in [0.2, 0.25) is 0 Å². The summed E-state index contributed by atoms with van der Waals surface area (Å²) in [7, 11) is 0. The highest BCUT2D eigenvalue weighted by atomic mass is 32.1. The summed E-state index contributed by atoms with van der Waals surface area (Å²) in [5, 5.41) is 3.65. The minimum Gasteiger partial charge on any atom is -0.326 e. The molecule has 0 aliphatic carbocycles. The molecule has 1 rings (SSSR count). The van der Waals surface area contributed by atoms with E-state index in [1.54, 1.807) is 0 Å². The Labute approximate surface area is 75.6 Å². The highest BCUT2D eigenvalue weighted by Gasteiger charge is 2.01. The Morgan fingerprint density at radius 2 is 2.42 bits per heavy atom. The molecule has 0 saturated heterocycles. The van der Waals surface area contributed by atoms with Gasteiger partial charge < -0.3 is 11.1 Å². The molecule has 0 radical (unpaired) electrons. The van der Waals surface area contributed by atoms with Crippen molar-refractivity contribution in [3.05, 3.63) is 17.0 Å².